The van der Waals surface area contributed by atoms with Crippen LogP contribution in [0.1, 0.15) is 26.7 Å². The standard InChI is InChI=1S/C12H19NO5/c1-9(5-7-18-10(2)14)8-11(15)13-6-4-12(16)17-3/h8H,4-7H2,1-3H3,(H,13,15)/b9-8+. The molecule has 102 valence electrons. The third-order valence-corrected chi connectivity index (χ3v) is 2.04. The van der Waals surface area contributed by atoms with Gasteiger partial charge in [-0.15, -0.1) is 0 Å². The fourth-order valence-electron chi connectivity index (χ4n) is 1.09. The number of hydrogen-bond donors (Lipinski definition) is 1. The summed E-state index contributed by atoms with van der Waals surface area (Å²) in [6.45, 7) is 3.59. The predicted molar refractivity (Wildman–Crippen MR) is 64.6 cm³/mol. The van der Waals surface area contributed by atoms with Crippen LogP contribution in [0.4, 0.5) is 0 Å². The molecule has 6 heteroatoms. The van der Waals surface area contributed by atoms with Gasteiger partial charge in [0.05, 0.1) is 20.1 Å². The van der Waals surface area contributed by atoms with Gasteiger partial charge in [-0.05, 0) is 6.92 Å². The van der Waals surface area contributed by atoms with Gasteiger partial charge >= 0.3 is 11.9 Å². The summed E-state index contributed by atoms with van der Waals surface area (Å²) in [4.78, 5) is 32.7. The maximum absolute atomic E-state index is 11.4. The first-order chi connectivity index (χ1) is 8.45. The second kappa shape index (κ2) is 9.21. The molecule has 0 saturated carbocycles. The number of carbonyl (C=O) groups is 3. The zero-order valence-corrected chi connectivity index (χ0v) is 10.9. The fraction of sp³-hybridized carbons (Fsp3) is 0.583. The van der Waals surface area contributed by atoms with Crippen molar-refractivity contribution < 1.29 is 23.9 Å². The lowest BCUT2D eigenvalue weighted by Crippen LogP contribution is -2.24. The van der Waals surface area contributed by atoms with E-state index in [0.717, 1.165) is 5.57 Å². The van der Waals surface area contributed by atoms with Crippen LogP contribution in [0.5, 0.6) is 0 Å². The largest absolute Gasteiger partial charge is 0.469 e. The second-order valence-corrected chi connectivity index (χ2v) is 3.70. The minimum absolute atomic E-state index is 0.141. The molecular weight excluding hydrogens is 238 g/mol. The van der Waals surface area contributed by atoms with Crippen molar-refractivity contribution in [3.05, 3.63) is 11.6 Å². The van der Waals surface area contributed by atoms with Crippen LogP contribution in [-0.4, -0.2) is 38.1 Å². The van der Waals surface area contributed by atoms with Gasteiger partial charge in [-0.3, -0.25) is 14.4 Å². The van der Waals surface area contributed by atoms with Gasteiger partial charge < -0.3 is 14.8 Å². The molecule has 0 unspecified atom stereocenters. The highest BCUT2D eigenvalue weighted by molar-refractivity contribution is 5.88. The van der Waals surface area contributed by atoms with Crippen LogP contribution < -0.4 is 5.32 Å². The van der Waals surface area contributed by atoms with Crippen molar-refractivity contribution in [1.82, 2.24) is 5.32 Å². The van der Waals surface area contributed by atoms with Crippen molar-refractivity contribution in [1.29, 1.82) is 0 Å². The van der Waals surface area contributed by atoms with Gasteiger partial charge in [0.15, 0.2) is 0 Å². The summed E-state index contributed by atoms with van der Waals surface area (Å²) in [6.07, 6.45) is 2.06. The van der Waals surface area contributed by atoms with Gasteiger partial charge in [0.1, 0.15) is 0 Å². The van der Waals surface area contributed by atoms with Crippen LogP contribution in [0.25, 0.3) is 0 Å². The molecule has 1 N–H and O–H groups in total. The Bertz CT molecular complexity index is 335. The maximum atomic E-state index is 11.4. The summed E-state index contributed by atoms with van der Waals surface area (Å²) in [5.41, 5.74) is 0.798. The first-order valence-corrected chi connectivity index (χ1v) is 5.61. The molecule has 6 nitrogen and oxygen atoms in total. The van der Waals surface area contributed by atoms with Crippen molar-refractivity contribution in [2.24, 2.45) is 0 Å². The number of amides is 1. The molecule has 0 saturated heterocycles. The number of hydrogen-bond acceptors (Lipinski definition) is 5. The Labute approximate surface area is 106 Å². The highest BCUT2D eigenvalue weighted by Gasteiger charge is 2.02. The van der Waals surface area contributed by atoms with Crippen LogP contribution in [0.2, 0.25) is 0 Å². The number of carbonyl (C=O) groups excluding carboxylic acids is 3. The highest BCUT2D eigenvalue weighted by atomic mass is 16.5. The van der Waals surface area contributed by atoms with E-state index >= 15 is 0 Å². The zero-order valence-electron chi connectivity index (χ0n) is 10.9. The van der Waals surface area contributed by atoms with E-state index in [1.807, 2.05) is 0 Å². The van der Waals surface area contributed by atoms with Crippen LogP contribution in [0.15, 0.2) is 11.6 Å². The van der Waals surface area contributed by atoms with Crippen LogP contribution >= 0.6 is 0 Å². The Morgan fingerprint density at radius 3 is 2.39 bits per heavy atom. The number of nitrogens with one attached hydrogen (secondary N) is 1. The van der Waals surface area contributed by atoms with Gasteiger partial charge in [0.25, 0.3) is 0 Å². The normalized spacial score (nSPS) is 10.7. The quantitative estimate of drug-likeness (QED) is 0.532. The monoisotopic (exact) mass is 257 g/mol. The molecule has 0 rings (SSSR count). The van der Waals surface area contributed by atoms with E-state index in [0.29, 0.717) is 6.42 Å². The molecule has 0 aromatic carbocycles. The summed E-state index contributed by atoms with van der Waals surface area (Å²) in [5, 5.41) is 2.55. The maximum Gasteiger partial charge on any atom is 0.307 e. The SMILES string of the molecule is COC(=O)CCNC(=O)/C=C(\C)CCOC(C)=O. The summed E-state index contributed by atoms with van der Waals surface area (Å²) in [6, 6.07) is 0. The minimum Gasteiger partial charge on any atom is -0.469 e. The first-order valence-electron chi connectivity index (χ1n) is 5.61. The molecule has 0 aromatic rings. The van der Waals surface area contributed by atoms with E-state index in [9.17, 15) is 14.4 Å². The zero-order chi connectivity index (χ0) is 14.0. The van der Waals surface area contributed by atoms with Crippen LogP contribution in [0.3, 0.4) is 0 Å². The molecular formula is C12H19NO5. The number of rotatable bonds is 7. The van der Waals surface area contributed by atoms with E-state index in [1.165, 1.54) is 20.1 Å². The van der Waals surface area contributed by atoms with Crippen LogP contribution in [-0.2, 0) is 23.9 Å². The average molecular weight is 257 g/mol. The third kappa shape index (κ3) is 9.38. The molecule has 0 bridgehead atoms. The van der Waals surface area contributed by atoms with Crippen molar-refractivity contribution in [3.63, 3.8) is 0 Å². The lowest BCUT2D eigenvalue weighted by Gasteiger charge is -2.04. The molecule has 0 atom stereocenters. The Morgan fingerprint density at radius 1 is 1.17 bits per heavy atom. The van der Waals surface area contributed by atoms with E-state index in [-0.39, 0.29) is 37.4 Å². The van der Waals surface area contributed by atoms with Crippen molar-refractivity contribution in [2.75, 3.05) is 20.3 Å². The predicted octanol–water partition coefficient (Wildman–Crippen LogP) is 0.565. The van der Waals surface area contributed by atoms with Gasteiger partial charge in [-0.25, -0.2) is 0 Å². The summed E-state index contributed by atoms with van der Waals surface area (Å²) in [5.74, 6) is -0.990. The molecule has 0 aliphatic carbocycles. The molecule has 0 aliphatic heterocycles. The molecule has 0 aliphatic rings. The topological polar surface area (TPSA) is 81.7 Å². The summed E-state index contributed by atoms with van der Waals surface area (Å²) in [7, 11) is 1.29. The summed E-state index contributed by atoms with van der Waals surface area (Å²) >= 11 is 0. The van der Waals surface area contributed by atoms with Gasteiger partial charge in [-0.1, -0.05) is 5.57 Å². The lowest BCUT2D eigenvalue weighted by atomic mass is 10.2. The van der Waals surface area contributed by atoms with Crippen molar-refractivity contribution in [2.45, 2.75) is 26.7 Å². The number of methoxy groups -OCH3 is 1. The van der Waals surface area contributed by atoms with E-state index in [1.54, 1.807) is 6.92 Å². The molecule has 1 amide bonds. The molecule has 0 radical (unpaired) electrons. The third-order valence-electron chi connectivity index (χ3n) is 2.04. The van der Waals surface area contributed by atoms with E-state index in [2.05, 4.69) is 10.1 Å². The Kier molecular flexibility index (Phi) is 8.26. The molecule has 18 heavy (non-hydrogen) atoms. The highest BCUT2D eigenvalue weighted by Crippen LogP contribution is 1.99. The minimum atomic E-state index is -0.370. The van der Waals surface area contributed by atoms with Gasteiger partial charge in [-0.2, -0.15) is 0 Å². The number of ether oxygens (including phenoxy) is 2. The molecule has 0 aromatic heterocycles. The molecule has 0 heterocycles. The van der Waals surface area contributed by atoms with E-state index < -0.39 is 0 Å². The number of esters is 2. The van der Waals surface area contributed by atoms with Gasteiger partial charge in [0.2, 0.25) is 5.91 Å². The van der Waals surface area contributed by atoms with Crippen molar-refractivity contribution in [3.8, 4) is 0 Å². The van der Waals surface area contributed by atoms with E-state index in [4.69, 9.17) is 4.74 Å². The Morgan fingerprint density at radius 2 is 1.83 bits per heavy atom. The smallest absolute Gasteiger partial charge is 0.307 e. The first kappa shape index (κ1) is 16.1. The average Bonchev–Trinajstić information content (AvgIpc) is 2.28. The molecule has 0 spiro atoms. The molecule has 0 fully saturated rings. The van der Waals surface area contributed by atoms with Crippen LogP contribution in [0, 0.1) is 0 Å². The Balaban J connectivity index is 3.82. The van der Waals surface area contributed by atoms with Gasteiger partial charge in [0, 0.05) is 26.0 Å². The second-order valence-electron chi connectivity index (χ2n) is 3.70. The summed E-state index contributed by atoms with van der Waals surface area (Å²) < 4.78 is 9.18. The van der Waals surface area contributed by atoms with Crippen molar-refractivity contribution >= 4 is 17.8 Å². The fourth-order valence-corrected chi connectivity index (χ4v) is 1.09. The Hall–Kier alpha value is -1.85. The lowest BCUT2D eigenvalue weighted by molar-refractivity contribution is -0.141.